The van der Waals surface area contributed by atoms with E-state index in [-0.39, 0.29) is 0 Å². The number of fused-ring (bicyclic) bond motifs is 1. The minimum absolute atomic E-state index is 0.626. The second-order valence-electron chi connectivity index (χ2n) is 3.40. The van der Waals surface area contributed by atoms with Crippen molar-refractivity contribution in [2.24, 2.45) is 7.05 Å². The number of amides is 1. The molecule has 0 fully saturated rings. The molecular weight excluding hydrogens is 238 g/mol. The standard InChI is InChI=1S/C11H13N3O.2C2H6/c1-14-10-5-3-2-4-9(10)13-11(14)6-7-12-8-15;2*1-2/h2-5,8H,6-7H2,1H3,(H,12,15);2*1-2H3. The van der Waals surface area contributed by atoms with Gasteiger partial charge in [-0.15, -0.1) is 0 Å². The minimum atomic E-state index is 0.626. The van der Waals surface area contributed by atoms with Gasteiger partial charge >= 0.3 is 0 Å². The van der Waals surface area contributed by atoms with Crippen molar-refractivity contribution < 1.29 is 4.79 Å². The third-order valence-electron chi connectivity index (χ3n) is 2.46. The molecule has 1 aromatic carbocycles. The van der Waals surface area contributed by atoms with Gasteiger partial charge in [0, 0.05) is 20.0 Å². The molecule has 0 radical (unpaired) electrons. The lowest BCUT2D eigenvalue weighted by molar-refractivity contribution is -0.109. The number of rotatable bonds is 4. The van der Waals surface area contributed by atoms with Crippen LogP contribution in [0.2, 0.25) is 0 Å². The summed E-state index contributed by atoms with van der Waals surface area (Å²) in [6.45, 7) is 8.63. The summed E-state index contributed by atoms with van der Waals surface area (Å²) in [5.41, 5.74) is 2.12. The number of carbonyl (C=O) groups excluding carboxylic acids is 1. The Kier molecular flexibility index (Phi) is 9.14. The highest BCUT2D eigenvalue weighted by Crippen LogP contribution is 2.13. The summed E-state index contributed by atoms with van der Waals surface area (Å²) in [5.74, 6) is 0.991. The third kappa shape index (κ3) is 4.73. The first-order valence-electron chi connectivity index (χ1n) is 6.90. The monoisotopic (exact) mass is 263 g/mol. The highest BCUT2D eigenvalue weighted by molar-refractivity contribution is 5.75. The Hall–Kier alpha value is -1.84. The van der Waals surface area contributed by atoms with Crippen LogP contribution in [0.3, 0.4) is 0 Å². The van der Waals surface area contributed by atoms with E-state index in [0.29, 0.717) is 13.0 Å². The summed E-state index contributed by atoms with van der Waals surface area (Å²) < 4.78 is 2.06. The zero-order valence-electron chi connectivity index (χ0n) is 12.6. The first-order chi connectivity index (χ1) is 9.33. The predicted molar refractivity (Wildman–Crippen MR) is 81.2 cm³/mol. The first kappa shape index (κ1) is 17.2. The molecule has 0 aliphatic heterocycles. The summed E-state index contributed by atoms with van der Waals surface area (Å²) in [6, 6.07) is 8.01. The minimum Gasteiger partial charge on any atom is -0.358 e. The number of hydrogen-bond acceptors (Lipinski definition) is 2. The Bertz CT molecular complexity index is 477. The Morgan fingerprint density at radius 3 is 2.42 bits per heavy atom. The van der Waals surface area contributed by atoms with Gasteiger partial charge in [0.05, 0.1) is 11.0 Å². The first-order valence-corrected chi connectivity index (χ1v) is 6.90. The fourth-order valence-corrected chi connectivity index (χ4v) is 1.66. The molecule has 0 saturated carbocycles. The summed E-state index contributed by atoms with van der Waals surface area (Å²) >= 11 is 0. The summed E-state index contributed by atoms with van der Waals surface area (Å²) in [7, 11) is 1.99. The Morgan fingerprint density at radius 1 is 1.21 bits per heavy atom. The maximum atomic E-state index is 10.1. The van der Waals surface area contributed by atoms with E-state index in [1.54, 1.807) is 0 Å². The fraction of sp³-hybridized carbons (Fsp3) is 0.467. The van der Waals surface area contributed by atoms with Crippen molar-refractivity contribution in [1.82, 2.24) is 14.9 Å². The lowest BCUT2D eigenvalue weighted by Crippen LogP contribution is -2.16. The topological polar surface area (TPSA) is 46.9 Å². The van der Waals surface area contributed by atoms with Crippen LogP contribution in [-0.4, -0.2) is 22.5 Å². The van der Waals surface area contributed by atoms with E-state index in [1.165, 1.54) is 0 Å². The molecule has 0 aliphatic carbocycles. The maximum Gasteiger partial charge on any atom is 0.207 e. The number of imidazole rings is 1. The molecule has 0 aliphatic rings. The van der Waals surface area contributed by atoms with Gasteiger partial charge < -0.3 is 9.88 Å². The molecule has 4 heteroatoms. The molecule has 2 aromatic rings. The van der Waals surface area contributed by atoms with Crippen molar-refractivity contribution in [2.75, 3.05) is 6.54 Å². The molecule has 1 N–H and O–H groups in total. The molecule has 0 atom stereocenters. The average molecular weight is 263 g/mol. The number of aryl methyl sites for hydroxylation is 1. The van der Waals surface area contributed by atoms with Crippen molar-refractivity contribution in [3.05, 3.63) is 30.1 Å². The second-order valence-corrected chi connectivity index (χ2v) is 3.40. The van der Waals surface area contributed by atoms with Crippen molar-refractivity contribution in [3.8, 4) is 0 Å². The number of nitrogens with zero attached hydrogens (tertiary/aromatic N) is 2. The van der Waals surface area contributed by atoms with Gasteiger partial charge in [0.15, 0.2) is 0 Å². The summed E-state index contributed by atoms with van der Waals surface area (Å²) in [5, 5.41) is 2.63. The summed E-state index contributed by atoms with van der Waals surface area (Å²) in [6.07, 6.45) is 1.46. The van der Waals surface area contributed by atoms with E-state index < -0.39 is 0 Å². The maximum absolute atomic E-state index is 10.1. The normalized spacial score (nSPS) is 8.89. The van der Waals surface area contributed by atoms with Crippen LogP contribution in [0.4, 0.5) is 0 Å². The van der Waals surface area contributed by atoms with Crippen LogP contribution in [0.1, 0.15) is 33.5 Å². The van der Waals surface area contributed by atoms with Gasteiger partial charge in [-0.1, -0.05) is 39.8 Å². The van der Waals surface area contributed by atoms with Gasteiger partial charge in [0.25, 0.3) is 0 Å². The van der Waals surface area contributed by atoms with Crippen molar-refractivity contribution in [3.63, 3.8) is 0 Å². The number of aromatic nitrogens is 2. The zero-order valence-corrected chi connectivity index (χ0v) is 12.6. The van der Waals surface area contributed by atoms with Crippen molar-refractivity contribution >= 4 is 17.4 Å². The van der Waals surface area contributed by atoms with Gasteiger partial charge in [-0.05, 0) is 12.1 Å². The number of benzene rings is 1. The van der Waals surface area contributed by atoms with E-state index in [2.05, 4.69) is 14.9 Å². The van der Waals surface area contributed by atoms with E-state index in [4.69, 9.17) is 0 Å². The van der Waals surface area contributed by atoms with Crippen LogP contribution in [0, 0.1) is 0 Å². The SMILES string of the molecule is CC.CC.Cn1c(CCNC=O)nc2ccccc21. The van der Waals surface area contributed by atoms with Crippen molar-refractivity contribution in [1.29, 1.82) is 0 Å². The highest BCUT2D eigenvalue weighted by atomic mass is 16.1. The van der Waals surface area contributed by atoms with Gasteiger partial charge in [-0.2, -0.15) is 0 Å². The lowest BCUT2D eigenvalue weighted by Gasteiger charge is -2.00. The number of para-hydroxylation sites is 2. The molecule has 0 bridgehead atoms. The second kappa shape index (κ2) is 10.1. The lowest BCUT2D eigenvalue weighted by atomic mass is 10.3. The van der Waals surface area contributed by atoms with E-state index in [1.807, 2.05) is 59.0 Å². The van der Waals surface area contributed by atoms with E-state index in [9.17, 15) is 4.79 Å². The fourth-order valence-electron chi connectivity index (χ4n) is 1.66. The number of nitrogens with one attached hydrogen (secondary N) is 1. The predicted octanol–water partition coefficient (Wildman–Crippen LogP) is 2.91. The van der Waals surface area contributed by atoms with Gasteiger partial charge in [-0.25, -0.2) is 4.98 Å². The molecule has 1 heterocycles. The van der Waals surface area contributed by atoms with Crippen molar-refractivity contribution in [2.45, 2.75) is 34.1 Å². The van der Waals surface area contributed by atoms with Crippen LogP contribution in [0.5, 0.6) is 0 Å². The number of hydrogen-bond donors (Lipinski definition) is 1. The molecule has 1 amide bonds. The van der Waals surface area contributed by atoms with E-state index in [0.717, 1.165) is 23.3 Å². The highest BCUT2D eigenvalue weighted by Gasteiger charge is 2.05. The van der Waals surface area contributed by atoms with Gasteiger partial charge in [0.1, 0.15) is 5.82 Å². The smallest absolute Gasteiger partial charge is 0.207 e. The molecule has 0 unspecified atom stereocenters. The summed E-state index contributed by atoms with van der Waals surface area (Å²) in [4.78, 5) is 14.6. The molecule has 0 saturated heterocycles. The number of carbonyl (C=O) groups is 1. The molecule has 106 valence electrons. The largest absolute Gasteiger partial charge is 0.358 e. The third-order valence-corrected chi connectivity index (χ3v) is 2.46. The van der Waals surface area contributed by atoms with Crippen LogP contribution in [-0.2, 0) is 18.3 Å². The Labute approximate surface area is 115 Å². The molecule has 0 spiro atoms. The molecule has 1 aromatic heterocycles. The Balaban J connectivity index is 0.000000741. The quantitative estimate of drug-likeness (QED) is 0.681. The van der Waals surface area contributed by atoms with Gasteiger partial charge in [-0.3, -0.25) is 4.79 Å². The van der Waals surface area contributed by atoms with E-state index >= 15 is 0 Å². The van der Waals surface area contributed by atoms with Crippen LogP contribution < -0.4 is 5.32 Å². The zero-order chi connectivity index (χ0) is 14.7. The van der Waals surface area contributed by atoms with Crippen LogP contribution in [0.25, 0.3) is 11.0 Å². The molecule has 19 heavy (non-hydrogen) atoms. The van der Waals surface area contributed by atoms with Gasteiger partial charge in [0.2, 0.25) is 6.41 Å². The van der Waals surface area contributed by atoms with Crippen LogP contribution >= 0.6 is 0 Å². The molecular formula is C15H25N3O. The van der Waals surface area contributed by atoms with Crippen LogP contribution in [0.15, 0.2) is 24.3 Å². The average Bonchev–Trinajstić information content (AvgIpc) is 2.81. The molecule has 2 rings (SSSR count). The molecule has 4 nitrogen and oxygen atoms in total. The Morgan fingerprint density at radius 2 is 1.84 bits per heavy atom.